The Labute approximate surface area is 155 Å². The number of likely N-dealkylation sites (N-methyl/N-ethyl adjacent to an activating group) is 1. The van der Waals surface area contributed by atoms with Gasteiger partial charge in [0.2, 0.25) is 0 Å². The Morgan fingerprint density at radius 3 is 2.07 bits per heavy atom. The summed E-state index contributed by atoms with van der Waals surface area (Å²) >= 11 is 0. The number of carbonyl (C=O) groups is 3. The van der Waals surface area contributed by atoms with Gasteiger partial charge in [-0.15, -0.1) is 0 Å². The van der Waals surface area contributed by atoms with E-state index in [0.29, 0.717) is 22.6 Å². The molecule has 8 nitrogen and oxygen atoms in total. The molecule has 0 aliphatic carbocycles. The molecule has 0 fully saturated rings. The Balaban J connectivity index is 2.69. The van der Waals surface area contributed by atoms with Gasteiger partial charge in [0.15, 0.2) is 0 Å². The number of benzene rings is 1. The molecule has 1 aromatic heterocycles. The molecule has 1 amide bonds. The van der Waals surface area contributed by atoms with Crippen LogP contribution in [-0.2, 0) is 4.79 Å². The van der Waals surface area contributed by atoms with Gasteiger partial charge >= 0.3 is 11.9 Å². The Bertz CT molecular complexity index is 992. The number of nitrogens with zero attached hydrogens (tertiary/aromatic N) is 2. The molecule has 0 aliphatic heterocycles. The second-order valence-electron chi connectivity index (χ2n) is 5.79. The molecule has 0 radical (unpaired) electrons. The lowest BCUT2D eigenvalue weighted by molar-refractivity contribution is -0.116. The minimum atomic E-state index is -1.24. The fraction of sp³-hybridized carbons (Fsp3) is 0.158. The number of aryl methyl sites for hydroxylation is 1. The van der Waals surface area contributed by atoms with Gasteiger partial charge in [0.05, 0.1) is 11.1 Å². The Morgan fingerprint density at radius 2 is 1.63 bits per heavy atom. The van der Waals surface area contributed by atoms with Crippen molar-refractivity contribution in [2.45, 2.75) is 13.8 Å². The molecule has 2 rings (SSSR count). The van der Waals surface area contributed by atoms with Crippen LogP contribution in [-0.4, -0.2) is 39.7 Å². The molecular formula is C19H17N3O5. The molecule has 138 valence electrons. The average molecular weight is 367 g/mol. The van der Waals surface area contributed by atoms with Gasteiger partial charge in [-0.1, -0.05) is 0 Å². The molecule has 3 N–H and O–H groups in total. The van der Waals surface area contributed by atoms with Crippen LogP contribution in [0, 0.1) is 25.2 Å². The lowest BCUT2D eigenvalue weighted by Gasteiger charge is -2.12. The fourth-order valence-corrected chi connectivity index (χ4v) is 2.76. The Hall–Kier alpha value is -3.86. The highest BCUT2D eigenvalue weighted by molar-refractivity contribution is 6.01. The van der Waals surface area contributed by atoms with Crippen LogP contribution in [0.1, 0.15) is 37.7 Å². The van der Waals surface area contributed by atoms with Crippen LogP contribution >= 0.6 is 0 Å². The smallest absolute Gasteiger partial charge is 0.335 e. The highest BCUT2D eigenvalue weighted by Gasteiger charge is 2.17. The third-order valence-electron chi connectivity index (χ3n) is 4.03. The zero-order chi connectivity index (χ0) is 20.3. The Kier molecular flexibility index (Phi) is 5.46. The normalized spacial score (nSPS) is 11.0. The predicted molar refractivity (Wildman–Crippen MR) is 96.8 cm³/mol. The monoisotopic (exact) mass is 367 g/mol. The number of carbonyl (C=O) groups excluding carboxylic acids is 1. The molecule has 0 bridgehead atoms. The summed E-state index contributed by atoms with van der Waals surface area (Å²) in [7, 11) is 1.42. The van der Waals surface area contributed by atoms with Crippen LogP contribution in [0.4, 0.5) is 0 Å². The van der Waals surface area contributed by atoms with E-state index in [1.807, 2.05) is 6.07 Å². The number of rotatable bonds is 5. The largest absolute Gasteiger partial charge is 0.478 e. The molecule has 0 spiro atoms. The maximum Gasteiger partial charge on any atom is 0.335 e. The van der Waals surface area contributed by atoms with Crippen molar-refractivity contribution in [2.75, 3.05) is 7.05 Å². The van der Waals surface area contributed by atoms with Gasteiger partial charge in [-0.3, -0.25) is 4.79 Å². The first kappa shape index (κ1) is 19.5. The summed E-state index contributed by atoms with van der Waals surface area (Å²) in [4.78, 5) is 34.4. The molecule has 0 saturated carbocycles. The molecule has 8 heteroatoms. The first-order valence-electron chi connectivity index (χ1n) is 7.84. The number of aromatic carboxylic acids is 2. The highest BCUT2D eigenvalue weighted by atomic mass is 16.4. The van der Waals surface area contributed by atoms with Crippen LogP contribution in [0.25, 0.3) is 11.8 Å². The van der Waals surface area contributed by atoms with Crippen LogP contribution in [0.3, 0.4) is 0 Å². The Morgan fingerprint density at radius 1 is 1.07 bits per heavy atom. The van der Waals surface area contributed by atoms with E-state index in [1.54, 1.807) is 24.5 Å². The van der Waals surface area contributed by atoms with Crippen molar-refractivity contribution >= 4 is 23.9 Å². The van der Waals surface area contributed by atoms with E-state index in [4.69, 9.17) is 5.26 Å². The van der Waals surface area contributed by atoms with Crippen molar-refractivity contribution in [1.82, 2.24) is 9.88 Å². The molecule has 0 aliphatic rings. The number of nitrogens with one attached hydrogen (secondary N) is 1. The van der Waals surface area contributed by atoms with Crippen LogP contribution in [0.5, 0.6) is 0 Å². The number of carboxylic acids is 2. The number of hydrogen-bond donors (Lipinski definition) is 3. The van der Waals surface area contributed by atoms with Gasteiger partial charge in [0.25, 0.3) is 5.91 Å². The van der Waals surface area contributed by atoms with Crippen molar-refractivity contribution in [3.05, 3.63) is 57.9 Å². The number of amides is 1. The van der Waals surface area contributed by atoms with E-state index in [9.17, 15) is 24.6 Å². The lowest BCUT2D eigenvalue weighted by Crippen LogP contribution is -2.19. The van der Waals surface area contributed by atoms with Gasteiger partial charge in [-0.2, -0.15) is 5.26 Å². The summed E-state index contributed by atoms with van der Waals surface area (Å²) in [5.74, 6) is -3.01. The van der Waals surface area contributed by atoms with E-state index in [2.05, 4.69) is 5.32 Å². The van der Waals surface area contributed by atoms with Gasteiger partial charge in [-0.05, 0) is 49.8 Å². The van der Waals surface area contributed by atoms with E-state index in [0.717, 1.165) is 6.07 Å². The number of hydrogen-bond acceptors (Lipinski definition) is 4. The van der Waals surface area contributed by atoms with Gasteiger partial charge < -0.3 is 20.1 Å². The molecule has 0 atom stereocenters. The molecule has 1 aromatic carbocycles. The zero-order valence-corrected chi connectivity index (χ0v) is 14.9. The van der Waals surface area contributed by atoms with Crippen molar-refractivity contribution in [1.29, 1.82) is 5.26 Å². The van der Waals surface area contributed by atoms with Gasteiger partial charge in [0, 0.05) is 24.1 Å². The number of nitriles is 1. The van der Waals surface area contributed by atoms with E-state index in [1.165, 1.54) is 25.3 Å². The summed E-state index contributed by atoms with van der Waals surface area (Å²) in [5.41, 5.74) is 1.87. The second-order valence-corrected chi connectivity index (χ2v) is 5.79. The minimum absolute atomic E-state index is 0.0803. The summed E-state index contributed by atoms with van der Waals surface area (Å²) < 4.78 is 1.67. The number of aromatic nitrogens is 1. The minimum Gasteiger partial charge on any atom is -0.478 e. The zero-order valence-electron chi connectivity index (χ0n) is 14.9. The summed E-state index contributed by atoms with van der Waals surface area (Å²) in [6, 6.07) is 7.38. The standard InChI is InChI=1S/C19H17N3O5/c1-10-4-12(5-15(9-20)17(23)21-3)11(2)22(10)16-7-13(18(24)25)6-14(8-16)19(26)27/h4-8H,1-3H3,(H,21,23)(H,24,25)(H,26,27). The molecule has 0 unspecified atom stereocenters. The molecule has 2 aromatic rings. The molecule has 1 heterocycles. The topological polar surface area (TPSA) is 132 Å². The summed E-state index contributed by atoms with van der Waals surface area (Å²) in [6.07, 6.45) is 1.43. The fourth-order valence-electron chi connectivity index (χ4n) is 2.76. The summed E-state index contributed by atoms with van der Waals surface area (Å²) in [5, 5.41) is 30.0. The predicted octanol–water partition coefficient (Wildman–Crippen LogP) is 2.14. The third-order valence-corrected chi connectivity index (χ3v) is 4.03. The lowest BCUT2D eigenvalue weighted by atomic mass is 10.1. The van der Waals surface area contributed by atoms with Gasteiger partial charge in [0.1, 0.15) is 11.6 Å². The van der Waals surface area contributed by atoms with Gasteiger partial charge in [-0.25, -0.2) is 9.59 Å². The first-order valence-corrected chi connectivity index (χ1v) is 7.84. The maximum absolute atomic E-state index is 11.7. The van der Waals surface area contributed by atoms with Crippen LogP contribution in [0.2, 0.25) is 0 Å². The van der Waals surface area contributed by atoms with E-state index >= 15 is 0 Å². The van der Waals surface area contributed by atoms with Crippen molar-refractivity contribution in [3.8, 4) is 11.8 Å². The van der Waals surface area contributed by atoms with E-state index < -0.39 is 17.8 Å². The average Bonchev–Trinajstić information content (AvgIpc) is 2.91. The van der Waals surface area contributed by atoms with Crippen LogP contribution in [0.15, 0.2) is 29.8 Å². The molecular weight excluding hydrogens is 350 g/mol. The SMILES string of the molecule is CNC(=O)C(C#N)=Cc1cc(C)n(-c2cc(C(=O)O)cc(C(=O)O)c2)c1C. The van der Waals surface area contributed by atoms with E-state index in [-0.39, 0.29) is 16.7 Å². The first-order chi connectivity index (χ1) is 12.7. The van der Waals surface area contributed by atoms with Crippen LogP contribution < -0.4 is 5.32 Å². The molecule has 27 heavy (non-hydrogen) atoms. The molecule has 0 saturated heterocycles. The second kappa shape index (κ2) is 7.58. The third kappa shape index (κ3) is 3.88. The quantitative estimate of drug-likeness (QED) is 0.548. The summed E-state index contributed by atoms with van der Waals surface area (Å²) in [6.45, 7) is 3.48. The van der Waals surface area contributed by atoms with Crippen molar-refractivity contribution < 1.29 is 24.6 Å². The van der Waals surface area contributed by atoms with Crippen molar-refractivity contribution in [3.63, 3.8) is 0 Å². The number of carboxylic acid groups (broad SMARTS) is 2. The maximum atomic E-state index is 11.7. The highest BCUT2D eigenvalue weighted by Crippen LogP contribution is 2.25. The van der Waals surface area contributed by atoms with Crippen molar-refractivity contribution in [2.24, 2.45) is 0 Å².